The van der Waals surface area contributed by atoms with Gasteiger partial charge in [0.2, 0.25) is 0 Å². The number of thioether (sulfide) groups is 1. The Kier molecular flexibility index (Phi) is 4.26. The molecular formula is C17H14N2O4S. The van der Waals surface area contributed by atoms with E-state index in [-0.39, 0.29) is 11.3 Å². The van der Waals surface area contributed by atoms with Gasteiger partial charge in [-0.05, 0) is 24.6 Å². The Bertz CT molecular complexity index is 863. The standard InChI is InChI=1S/C17H14N2O4S/c1-10-15(17(20)21)16(11-5-4-6-12(9-11)19(22)23)24-14-8-3-2-7-13(14)18-10/h2-9,16,18H,1H3,(H,20,21). The summed E-state index contributed by atoms with van der Waals surface area (Å²) in [7, 11) is 0. The number of benzene rings is 2. The molecule has 1 heterocycles. The molecule has 2 aromatic carbocycles. The van der Waals surface area contributed by atoms with Crippen LogP contribution in [0.1, 0.15) is 17.7 Å². The molecule has 1 atom stereocenters. The van der Waals surface area contributed by atoms with Crippen molar-refractivity contribution in [2.45, 2.75) is 17.1 Å². The molecule has 0 fully saturated rings. The molecular weight excluding hydrogens is 328 g/mol. The van der Waals surface area contributed by atoms with Crippen LogP contribution in [0.25, 0.3) is 0 Å². The van der Waals surface area contributed by atoms with E-state index in [9.17, 15) is 20.0 Å². The number of hydrogen-bond donors (Lipinski definition) is 2. The first-order valence-corrected chi connectivity index (χ1v) is 8.06. The fourth-order valence-electron chi connectivity index (χ4n) is 2.63. The Morgan fingerprint density at radius 2 is 2.00 bits per heavy atom. The average Bonchev–Trinajstić information content (AvgIpc) is 2.70. The molecule has 24 heavy (non-hydrogen) atoms. The number of nitrogens with one attached hydrogen (secondary N) is 1. The number of nitro benzene ring substituents is 1. The van der Waals surface area contributed by atoms with Gasteiger partial charge < -0.3 is 10.4 Å². The number of para-hydroxylation sites is 1. The van der Waals surface area contributed by atoms with Crippen LogP contribution in [0.3, 0.4) is 0 Å². The summed E-state index contributed by atoms with van der Waals surface area (Å²) in [6.45, 7) is 1.70. The molecule has 2 aromatic rings. The van der Waals surface area contributed by atoms with Gasteiger partial charge in [0.05, 0.1) is 21.4 Å². The summed E-state index contributed by atoms with van der Waals surface area (Å²) in [5.41, 5.74) is 2.07. The molecule has 0 amide bonds. The second-order valence-corrected chi connectivity index (χ2v) is 6.46. The van der Waals surface area contributed by atoms with Crippen LogP contribution in [0.2, 0.25) is 0 Å². The number of non-ortho nitro benzene ring substituents is 1. The SMILES string of the molecule is CC1=C(C(=O)O)C(c2cccc([N+](=O)[O-])c2)Sc2ccccc2N1. The van der Waals surface area contributed by atoms with E-state index in [1.54, 1.807) is 19.1 Å². The predicted molar refractivity (Wildman–Crippen MR) is 92.1 cm³/mol. The first-order valence-electron chi connectivity index (χ1n) is 7.18. The number of aliphatic carboxylic acids is 1. The average molecular weight is 342 g/mol. The number of nitrogens with zero attached hydrogens (tertiary/aromatic N) is 1. The molecule has 1 aliphatic rings. The summed E-state index contributed by atoms with van der Waals surface area (Å²) in [5, 5.41) is 23.3. The summed E-state index contributed by atoms with van der Waals surface area (Å²) in [6, 6.07) is 13.6. The zero-order valence-corrected chi connectivity index (χ0v) is 13.5. The molecule has 0 saturated heterocycles. The van der Waals surface area contributed by atoms with Crippen LogP contribution in [0.4, 0.5) is 11.4 Å². The highest BCUT2D eigenvalue weighted by molar-refractivity contribution is 8.00. The lowest BCUT2D eigenvalue weighted by molar-refractivity contribution is -0.384. The number of nitro groups is 1. The van der Waals surface area contributed by atoms with Gasteiger partial charge in [0, 0.05) is 22.7 Å². The molecule has 0 spiro atoms. The zero-order chi connectivity index (χ0) is 17.3. The summed E-state index contributed by atoms with van der Waals surface area (Å²) in [6.07, 6.45) is 0. The van der Waals surface area contributed by atoms with Crippen LogP contribution in [-0.4, -0.2) is 16.0 Å². The maximum Gasteiger partial charge on any atom is 0.334 e. The second kappa shape index (κ2) is 6.37. The monoisotopic (exact) mass is 342 g/mol. The summed E-state index contributed by atoms with van der Waals surface area (Å²) in [5.74, 6) is -1.04. The molecule has 0 bridgehead atoms. The molecule has 0 aromatic heterocycles. The van der Waals surface area contributed by atoms with Crippen LogP contribution in [0, 0.1) is 10.1 Å². The van der Waals surface area contributed by atoms with Crippen LogP contribution < -0.4 is 5.32 Å². The fraction of sp³-hybridized carbons (Fsp3) is 0.118. The Morgan fingerprint density at radius 3 is 2.71 bits per heavy atom. The van der Waals surface area contributed by atoms with Gasteiger partial charge in [0.25, 0.3) is 5.69 Å². The van der Waals surface area contributed by atoms with E-state index < -0.39 is 16.1 Å². The third-order valence-electron chi connectivity index (χ3n) is 3.73. The molecule has 6 nitrogen and oxygen atoms in total. The van der Waals surface area contributed by atoms with Crippen molar-refractivity contribution in [2.75, 3.05) is 5.32 Å². The van der Waals surface area contributed by atoms with E-state index in [4.69, 9.17) is 0 Å². The highest BCUT2D eigenvalue weighted by Gasteiger charge is 2.30. The summed E-state index contributed by atoms with van der Waals surface area (Å²) < 4.78 is 0. The first-order chi connectivity index (χ1) is 11.5. The lowest BCUT2D eigenvalue weighted by Gasteiger charge is -2.17. The van der Waals surface area contributed by atoms with E-state index in [0.29, 0.717) is 11.3 Å². The van der Waals surface area contributed by atoms with E-state index >= 15 is 0 Å². The lowest BCUT2D eigenvalue weighted by atomic mass is 10.0. The van der Waals surface area contributed by atoms with Gasteiger partial charge >= 0.3 is 5.97 Å². The summed E-state index contributed by atoms with van der Waals surface area (Å²) >= 11 is 1.37. The minimum absolute atomic E-state index is 0.0546. The highest BCUT2D eigenvalue weighted by Crippen LogP contribution is 2.47. The minimum atomic E-state index is -1.04. The number of carboxylic acid groups (broad SMARTS) is 1. The van der Waals surface area contributed by atoms with Crippen LogP contribution in [-0.2, 0) is 4.79 Å². The van der Waals surface area contributed by atoms with E-state index in [2.05, 4.69) is 5.32 Å². The van der Waals surface area contributed by atoms with E-state index in [1.165, 1.54) is 23.9 Å². The molecule has 3 rings (SSSR count). The van der Waals surface area contributed by atoms with Crippen molar-refractivity contribution in [3.63, 3.8) is 0 Å². The van der Waals surface area contributed by atoms with Crippen LogP contribution >= 0.6 is 11.8 Å². The van der Waals surface area contributed by atoms with Gasteiger partial charge in [0.1, 0.15) is 0 Å². The zero-order valence-electron chi connectivity index (χ0n) is 12.7. The van der Waals surface area contributed by atoms with Crippen molar-refractivity contribution in [2.24, 2.45) is 0 Å². The summed E-state index contributed by atoms with van der Waals surface area (Å²) in [4.78, 5) is 23.3. The lowest BCUT2D eigenvalue weighted by Crippen LogP contribution is -2.13. The van der Waals surface area contributed by atoms with Gasteiger partial charge in [-0.2, -0.15) is 0 Å². The third-order valence-corrected chi connectivity index (χ3v) is 5.09. The van der Waals surface area contributed by atoms with Gasteiger partial charge in [-0.15, -0.1) is 11.8 Å². The maximum absolute atomic E-state index is 11.8. The van der Waals surface area contributed by atoms with Crippen LogP contribution in [0.15, 0.2) is 64.7 Å². The molecule has 7 heteroatoms. The van der Waals surface area contributed by atoms with Gasteiger partial charge in [-0.1, -0.05) is 24.3 Å². The maximum atomic E-state index is 11.8. The van der Waals surface area contributed by atoms with E-state index in [0.717, 1.165) is 10.6 Å². The number of allylic oxidation sites excluding steroid dienone is 1. The number of carbonyl (C=O) groups is 1. The fourth-order valence-corrected chi connectivity index (χ4v) is 3.97. The van der Waals surface area contributed by atoms with E-state index in [1.807, 2.05) is 24.3 Å². The molecule has 0 saturated carbocycles. The van der Waals surface area contributed by atoms with Gasteiger partial charge in [-0.3, -0.25) is 10.1 Å². The predicted octanol–water partition coefficient (Wildman–Crippen LogP) is 4.21. The van der Waals surface area contributed by atoms with Crippen molar-refractivity contribution in [1.82, 2.24) is 0 Å². The number of carboxylic acids is 1. The first kappa shape index (κ1) is 16.1. The third kappa shape index (κ3) is 2.98. The largest absolute Gasteiger partial charge is 0.478 e. The quantitative estimate of drug-likeness (QED) is 0.641. The number of rotatable bonds is 3. The van der Waals surface area contributed by atoms with Gasteiger partial charge in [-0.25, -0.2) is 4.79 Å². The number of anilines is 1. The Labute approximate surface area is 142 Å². The molecule has 122 valence electrons. The van der Waals surface area contributed by atoms with Crippen molar-refractivity contribution in [1.29, 1.82) is 0 Å². The molecule has 1 unspecified atom stereocenters. The van der Waals surface area contributed by atoms with Gasteiger partial charge in [0.15, 0.2) is 0 Å². The molecule has 0 radical (unpaired) electrons. The van der Waals surface area contributed by atoms with Crippen LogP contribution in [0.5, 0.6) is 0 Å². The second-order valence-electron chi connectivity index (χ2n) is 5.31. The Balaban J connectivity index is 2.15. The van der Waals surface area contributed by atoms with Crippen molar-refractivity contribution >= 4 is 29.1 Å². The Hall–Kier alpha value is -2.80. The Morgan fingerprint density at radius 1 is 1.25 bits per heavy atom. The smallest absolute Gasteiger partial charge is 0.334 e. The van der Waals surface area contributed by atoms with Crippen molar-refractivity contribution in [3.8, 4) is 0 Å². The highest BCUT2D eigenvalue weighted by atomic mass is 32.2. The molecule has 1 aliphatic heterocycles. The number of hydrogen-bond acceptors (Lipinski definition) is 5. The topological polar surface area (TPSA) is 92.5 Å². The normalized spacial score (nSPS) is 16.8. The van der Waals surface area contributed by atoms with Crippen molar-refractivity contribution < 1.29 is 14.8 Å². The molecule has 0 aliphatic carbocycles. The van der Waals surface area contributed by atoms with Crippen molar-refractivity contribution in [3.05, 3.63) is 75.5 Å². The molecule has 2 N–H and O–H groups in total. The minimum Gasteiger partial charge on any atom is -0.478 e. The number of fused-ring (bicyclic) bond motifs is 1.